The van der Waals surface area contributed by atoms with Crippen molar-refractivity contribution in [1.82, 2.24) is 9.97 Å². The van der Waals surface area contributed by atoms with Crippen LogP contribution in [0.1, 0.15) is 18.3 Å². The van der Waals surface area contributed by atoms with Gasteiger partial charge in [-0.15, -0.1) is 0 Å². The molecule has 10 heavy (non-hydrogen) atoms. The topological polar surface area (TPSA) is 54.7 Å². The molecule has 0 radical (unpaired) electrons. The second-order valence-corrected chi connectivity index (χ2v) is 2.66. The number of nitrogens with one attached hydrogen (secondary N) is 1. The summed E-state index contributed by atoms with van der Waals surface area (Å²) in [7, 11) is 0. The Balaban J connectivity index is 2.65. The van der Waals surface area contributed by atoms with Gasteiger partial charge in [0.15, 0.2) is 0 Å². The van der Waals surface area contributed by atoms with Crippen LogP contribution in [0, 0.1) is 6.92 Å². The van der Waals surface area contributed by atoms with Crippen molar-refractivity contribution in [3.63, 3.8) is 0 Å². The molecule has 0 aliphatic carbocycles. The number of H-pyrrole nitrogens is 1. The number of aromatic amines is 1. The second-order valence-electron chi connectivity index (χ2n) is 2.66. The normalized spacial score (nSPS) is 13.5. The zero-order chi connectivity index (χ0) is 7.56. The van der Waals surface area contributed by atoms with Crippen LogP contribution in [0.2, 0.25) is 0 Å². The summed E-state index contributed by atoms with van der Waals surface area (Å²) in [5, 5.41) is 0. The van der Waals surface area contributed by atoms with Crippen LogP contribution >= 0.6 is 0 Å². The molecular weight excluding hydrogens is 126 g/mol. The Morgan fingerprint density at radius 3 is 2.90 bits per heavy atom. The van der Waals surface area contributed by atoms with Gasteiger partial charge in [0.25, 0.3) is 0 Å². The van der Waals surface area contributed by atoms with Gasteiger partial charge in [-0.25, -0.2) is 4.98 Å². The van der Waals surface area contributed by atoms with E-state index in [4.69, 9.17) is 5.73 Å². The summed E-state index contributed by atoms with van der Waals surface area (Å²) in [6, 6.07) is 0.196. The Morgan fingerprint density at radius 2 is 2.50 bits per heavy atom. The van der Waals surface area contributed by atoms with Gasteiger partial charge < -0.3 is 10.7 Å². The largest absolute Gasteiger partial charge is 0.348 e. The lowest BCUT2D eigenvalue weighted by atomic mass is 10.2. The highest BCUT2D eigenvalue weighted by molar-refractivity contribution is 5.09. The summed E-state index contributed by atoms with van der Waals surface area (Å²) < 4.78 is 0. The van der Waals surface area contributed by atoms with Gasteiger partial charge in [-0.1, -0.05) is 0 Å². The minimum absolute atomic E-state index is 0.196. The highest BCUT2D eigenvalue weighted by Crippen LogP contribution is 2.02. The van der Waals surface area contributed by atoms with Crippen molar-refractivity contribution >= 4 is 0 Å². The summed E-state index contributed by atoms with van der Waals surface area (Å²) >= 11 is 0. The van der Waals surface area contributed by atoms with Gasteiger partial charge in [-0.3, -0.25) is 0 Å². The molecular formula is C7H13N3. The number of aryl methyl sites for hydroxylation is 1. The molecule has 1 atom stereocenters. The summed E-state index contributed by atoms with van der Waals surface area (Å²) in [6.07, 6.45) is 2.56. The monoisotopic (exact) mass is 139 g/mol. The van der Waals surface area contributed by atoms with Crippen LogP contribution in [0.15, 0.2) is 6.33 Å². The third kappa shape index (κ3) is 1.57. The van der Waals surface area contributed by atoms with Crippen LogP contribution < -0.4 is 5.73 Å². The molecule has 0 fully saturated rings. The number of nitrogens with zero attached hydrogens (tertiary/aromatic N) is 1. The minimum Gasteiger partial charge on any atom is -0.348 e. The fraction of sp³-hybridized carbons (Fsp3) is 0.571. The van der Waals surface area contributed by atoms with E-state index in [1.54, 1.807) is 6.33 Å². The molecule has 0 aliphatic heterocycles. The van der Waals surface area contributed by atoms with Crippen LogP contribution in [0.25, 0.3) is 0 Å². The predicted octanol–water partition coefficient (Wildman–Crippen LogP) is 0.608. The Kier molecular flexibility index (Phi) is 2.06. The van der Waals surface area contributed by atoms with E-state index in [9.17, 15) is 0 Å². The summed E-state index contributed by atoms with van der Waals surface area (Å²) in [5.74, 6) is 0. The van der Waals surface area contributed by atoms with Crippen molar-refractivity contribution in [2.45, 2.75) is 26.3 Å². The molecule has 1 aromatic rings. The molecule has 3 heteroatoms. The van der Waals surface area contributed by atoms with Gasteiger partial charge in [-0.2, -0.15) is 0 Å². The van der Waals surface area contributed by atoms with Gasteiger partial charge in [0, 0.05) is 18.2 Å². The first kappa shape index (κ1) is 7.28. The molecule has 0 aromatic carbocycles. The van der Waals surface area contributed by atoms with E-state index < -0.39 is 0 Å². The minimum atomic E-state index is 0.196. The van der Waals surface area contributed by atoms with E-state index in [0.717, 1.165) is 17.8 Å². The molecule has 0 amide bonds. The highest BCUT2D eigenvalue weighted by atomic mass is 14.9. The molecule has 0 spiro atoms. The average molecular weight is 139 g/mol. The number of rotatable bonds is 2. The Bertz CT molecular complexity index is 202. The first-order chi connectivity index (χ1) is 4.70. The quantitative estimate of drug-likeness (QED) is 0.630. The maximum atomic E-state index is 5.60. The van der Waals surface area contributed by atoms with E-state index in [0.29, 0.717) is 0 Å². The third-order valence-electron chi connectivity index (χ3n) is 1.45. The van der Waals surface area contributed by atoms with Gasteiger partial charge >= 0.3 is 0 Å². The Hall–Kier alpha value is -0.830. The lowest BCUT2D eigenvalue weighted by molar-refractivity contribution is 0.721. The average Bonchev–Trinajstić information content (AvgIpc) is 2.15. The highest BCUT2D eigenvalue weighted by Gasteiger charge is 2.02. The number of imidazole rings is 1. The molecule has 0 saturated carbocycles. The van der Waals surface area contributed by atoms with Crippen LogP contribution in [0.4, 0.5) is 0 Å². The van der Waals surface area contributed by atoms with Crippen molar-refractivity contribution in [2.75, 3.05) is 0 Å². The van der Waals surface area contributed by atoms with Crippen LogP contribution in [-0.2, 0) is 6.42 Å². The molecule has 56 valence electrons. The van der Waals surface area contributed by atoms with Crippen molar-refractivity contribution in [1.29, 1.82) is 0 Å². The first-order valence-corrected chi connectivity index (χ1v) is 3.44. The van der Waals surface area contributed by atoms with E-state index >= 15 is 0 Å². The van der Waals surface area contributed by atoms with E-state index in [1.165, 1.54) is 0 Å². The number of hydrogen-bond acceptors (Lipinski definition) is 2. The van der Waals surface area contributed by atoms with Gasteiger partial charge in [-0.05, 0) is 13.8 Å². The zero-order valence-electron chi connectivity index (χ0n) is 6.39. The second kappa shape index (κ2) is 2.84. The Labute approximate surface area is 60.7 Å². The van der Waals surface area contributed by atoms with Crippen LogP contribution in [0.3, 0.4) is 0 Å². The van der Waals surface area contributed by atoms with Crippen LogP contribution in [0.5, 0.6) is 0 Å². The van der Waals surface area contributed by atoms with Crippen LogP contribution in [-0.4, -0.2) is 16.0 Å². The zero-order valence-corrected chi connectivity index (χ0v) is 6.39. The standard InChI is InChI=1S/C7H13N3/c1-5(8)3-7-6(2)9-4-10-7/h4-5H,3,8H2,1-2H3,(H,9,10)/t5-/m1/s1. The number of nitrogens with two attached hydrogens (primary N) is 1. The van der Waals surface area contributed by atoms with Gasteiger partial charge in [0.2, 0.25) is 0 Å². The maximum absolute atomic E-state index is 5.60. The molecule has 0 aliphatic rings. The molecule has 0 unspecified atom stereocenters. The summed E-state index contributed by atoms with van der Waals surface area (Å²) in [4.78, 5) is 7.13. The molecule has 1 heterocycles. The smallest absolute Gasteiger partial charge is 0.0925 e. The number of hydrogen-bond donors (Lipinski definition) is 2. The predicted molar refractivity (Wildman–Crippen MR) is 40.7 cm³/mol. The SMILES string of the molecule is Cc1[nH]cnc1C[C@@H](C)N. The lowest BCUT2D eigenvalue weighted by Crippen LogP contribution is -2.18. The van der Waals surface area contributed by atoms with Crippen molar-refractivity contribution in [2.24, 2.45) is 5.73 Å². The van der Waals surface area contributed by atoms with Gasteiger partial charge in [0.05, 0.1) is 12.0 Å². The van der Waals surface area contributed by atoms with E-state index in [-0.39, 0.29) is 6.04 Å². The van der Waals surface area contributed by atoms with Crippen molar-refractivity contribution in [3.05, 3.63) is 17.7 Å². The molecule has 0 bridgehead atoms. The summed E-state index contributed by atoms with van der Waals surface area (Å²) in [6.45, 7) is 3.98. The third-order valence-corrected chi connectivity index (χ3v) is 1.45. The summed E-state index contributed by atoms with van der Waals surface area (Å²) in [5.41, 5.74) is 7.80. The molecule has 3 N–H and O–H groups in total. The first-order valence-electron chi connectivity index (χ1n) is 3.44. The fourth-order valence-electron chi connectivity index (χ4n) is 0.898. The van der Waals surface area contributed by atoms with Crippen molar-refractivity contribution < 1.29 is 0 Å². The molecule has 0 saturated heterocycles. The molecule has 3 nitrogen and oxygen atoms in total. The number of aromatic nitrogens is 2. The van der Waals surface area contributed by atoms with Crippen molar-refractivity contribution in [3.8, 4) is 0 Å². The maximum Gasteiger partial charge on any atom is 0.0925 e. The van der Waals surface area contributed by atoms with Gasteiger partial charge in [0.1, 0.15) is 0 Å². The fourth-order valence-corrected chi connectivity index (χ4v) is 0.898. The molecule has 1 rings (SSSR count). The molecule has 1 aromatic heterocycles. The van der Waals surface area contributed by atoms with E-state index in [1.807, 2.05) is 13.8 Å². The lowest BCUT2D eigenvalue weighted by Gasteiger charge is -2.01. The van der Waals surface area contributed by atoms with E-state index in [2.05, 4.69) is 9.97 Å². The Morgan fingerprint density at radius 1 is 1.80 bits per heavy atom.